The number of carbonyl (C=O) groups excluding carboxylic acids is 1. The molecule has 358 valence electrons. The predicted octanol–water partition coefficient (Wildman–Crippen LogP) is 13.7. The van der Waals surface area contributed by atoms with Crippen molar-refractivity contribution in [2.45, 2.75) is 139 Å². The minimum absolute atomic E-state index is 0.00218. The number of piperidine rings is 2. The lowest BCUT2D eigenvalue weighted by atomic mass is 9.55. The van der Waals surface area contributed by atoms with Gasteiger partial charge in [0.1, 0.15) is 28.9 Å². The molecule has 1 N–H and O–H groups in total. The highest BCUT2D eigenvalue weighted by atomic mass is 19.4. The lowest BCUT2D eigenvalue weighted by Gasteiger charge is -2.60. The first-order valence-corrected chi connectivity index (χ1v) is 22.1. The third kappa shape index (κ3) is 9.94. The average molecular weight is 946 g/mol. The van der Waals surface area contributed by atoms with E-state index in [0.717, 1.165) is 30.9 Å². The number of benzene rings is 4. The molecule has 2 heterocycles. The van der Waals surface area contributed by atoms with Crippen LogP contribution < -0.4 is 9.47 Å². The molecule has 2 unspecified atom stereocenters. The van der Waals surface area contributed by atoms with E-state index in [0.29, 0.717) is 37.0 Å². The third-order valence-corrected chi connectivity index (χ3v) is 14.5. The smallest absolute Gasteiger partial charge is 0.420 e. The number of carbonyl (C=O) groups is 2. The van der Waals surface area contributed by atoms with Gasteiger partial charge in [0.05, 0.1) is 29.5 Å². The van der Waals surface area contributed by atoms with Gasteiger partial charge in [-0.1, -0.05) is 36.4 Å². The van der Waals surface area contributed by atoms with Crippen molar-refractivity contribution in [1.29, 1.82) is 0 Å². The van der Waals surface area contributed by atoms with Crippen molar-refractivity contribution in [2.75, 3.05) is 0 Å². The van der Waals surface area contributed by atoms with Gasteiger partial charge < -0.3 is 14.6 Å². The van der Waals surface area contributed by atoms with Crippen LogP contribution in [0.25, 0.3) is 21.5 Å². The van der Waals surface area contributed by atoms with Gasteiger partial charge in [-0.2, -0.15) is 52.7 Å². The second-order valence-corrected chi connectivity index (χ2v) is 18.8. The molecule has 0 spiro atoms. The fraction of sp³-hybridized carbons (Fsp3) is 0.542. The van der Waals surface area contributed by atoms with Crippen LogP contribution in [-0.4, -0.2) is 58.9 Å². The van der Waals surface area contributed by atoms with Crippen molar-refractivity contribution in [3.05, 3.63) is 82.9 Å². The fourth-order valence-corrected chi connectivity index (χ4v) is 11.5. The topological polar surface area (TPSA) is 76.1 Å². The van der Waals surface area contributed by atoms with E-state index in [1.807, 2.05) is 0 Å². The molecule has 4 aromatic carbocycles. The summed E-state index contributed by atoms with van der Waals surface area (Å²) in [5.74, 6) is -3.90. The summed E-state index contributed by atoms with van der Waals surface area (Å²) in [5, 5.41) is 10.4. The van der Waals surface area contributed by atoms with Crippen LogP contribution in [0.15, 0.2) is 60.7 Å². The van der Waals surface area contributed by atoms with Gasteiger partial charge >= 0.3 is 30.7 Å². The van der Waals surface area contributed by atoms with Crippen LogP contribution in [0.2, 0.25) is 0 Å². The Hall–Kier alpha value is -4.74. The maximum atomic E-state index is 14.2. The highest BCUT2D eigenvalue weighted by Gasteiger charge is 2.58. The third-order valence-electron chi connectivity index (χ3n) is 14.5. The number of carboxylic acids is 1. The molecule has 10 rings (SSSR count). The lowest BCUT2D eigenvalue weighted by Crippen LogP contribution is -2.63. The maximum absolute atomic E-state index is 14.2. The molecule has 0 radical (unpaired) electrons. The zero-order chi connectivity index (χ0) is 47.6. The van der Waals surface area contributed by atoms with E-state index in [1.54, 1.807) is 18.2 Å². The molecular formula is C48H47F12NO5. The average Bonchev–Trinajstić information content (AvgIpc) is 3.23. The number of ether oxygens (including phenoxy) is 2. The van der Waals surface area contributed by atoms with E-state index in [1.165, 1.54) is 36.4 Å². The number of aldehydes is 1. The number of aliphatic carboxylic acids is 1. The van der Waals surface area contributed by atoms with Crippen molar-refractivity contribution in [1.82, 2.24) is 4.90 Å². The van der Waals surface area contributed by atoms with Gasteiger partial charge in [-0.3, -0.25) is 14.5 Å². The number of fused-ring (bicyclic) bond motifs is 2. The van der Waals surface area contributed by atoms with Gasteiger partial charge in [0.15, 0.2) is 0 Å². The molecule has 0 amide bonds. The second kappa shape index (κ2) is 17.7. The molecule has 0 aromatic heterocycles. The summed E-state index contributed by atoms with van der Waals surface area (Å²) in [6.07, 6.45) is -15.4. The Morgan fingerprint density at radius 2 is 1.08 bits per heavy atom. The Kier molecular flexibility index (Phi) is 12.8. The molecule has 4 saturated carbocycles. The maximum Gasteiger partial charge on any atom is 0.420 e. The molecule has 2 aliphatic heterocycles. The molecule has 18 heteroatoms. The molecule has 66 heavy (non-hydrogen) atoms. The Bertz CT molecular complexity index is 2410. The van der Waals surface area contributed by atoms with Crippen LogP contribution in [0.1, 0.15) is 111 Å². The minimum atomic E-state index is -4.71. The summed E-state index contributed by atoms with van der Waals surface area (Å²) < 4.78 is 172. The van der Waals surface area contributed by atoms with E-state index in [9.17, 15) is 67.4 Å². The van der Waals surface area contributed by atoms with E-state index in [2.05, 4.69) is 4.90 Å². The summed E-state index contributed by atoms with van der Waals surface area (Å²) in [4.78, 5) is 25.2. The minimum Gasteiger partial charge on any atom is -0.490 e. The zero-order valence-electron chi connectivity index (χ0n) is 35.4. The van der Waals surface area contributed by atoms with Gasteiger partial charge in [0, 0.05) is 24.2 Å². The molecule has 4 aromatic rings. The van der Waals surface area contributed by atoms with Crippen LogP contribution in [0.5, 0.6) is 11.5 Å². The van der Waals surface area contributed by atoms with Crippen LogP contribution in [-0.2, 0) is 23.7 Å². The summed E-state index contributed by atoms with van der Waals surface area (Å²) in [6.45, 7) is 0.551. The van der Waals surface area contributed by atoms with Crippen LogP contribution in [0.4, 0.5) is 52.7 Å². The van der Waals surface area contributed by atoms with Gasteiger partial charge in [0.2, 0.25) is 0 Å². The van der Waals surface area contributed by atoms with Crippen LogP contribution >= 0.6 is 0 Å². The van der Waals surface area contributed by atoms with Gasteiger partial charge in [-0.25, -0.2) is 0 Å². The fourth-order valence-electron chi connectivity index (χ4n) is 11.5. The van der Waals surface area contributed by atoms with E-state index >= 15 is 0 Å². The Balaban J connectivity index is 0.000000192. The first-order chi connectivity index (χ1) is 30.9. The molecular weight excluding hydrogens is 899 g/mol. The number of hydrogen-bond acceptors (Lipinski definition) is 5. The first-order valence-electron chi connectivity index (χ1n) is 22.1. The number of rotatable bonds is 8. The molecule has 6 nitrogen and oxygen atoms in total. The zero-order valence-corrected chi connectivity index (χ0v) is 35.4. The first kappa shape index (κ1) is 47.7. The summed E-state index contributed by atoms with van der Waals surface area (Å²) in [5.41, 5.74) is -1.40. The van der Waals surface area contributed by atoms with Crippen molar-refractivity contribution < 1.29 is 76.9 Å². The Labute approximate surface area is 371 Å². The van der Waals surface area contributed by atoms with Gasteiger partial charge in [-0.15, -0.1) is 0 Å². The summed E-state index contributed by atoms with van der Waals surface area (Å²) in [6, 6.07) is 14.5. The van der Waals surface area contributed by atoms with Crippen molar-refractivity contribution in [3.8, 4) is 11.5 Å². The second-order valence-electron chi connectivity index (χ2n) is 18.8. The highest BCUT2D eigenvalue weighted by molar-refractivity contribution is 5.93. The summed E-state index contributed by atoms with van der Waals surface area (Å²) >= 11 is 0. The number of nitrogens with zero attached hydrogens (tertiary/aromatic N) is 1. The molecule has 6 aliphatic rings. The van der Waals surface area contributed by atoms with E-state index < -0.39 is 77.0 Å². The van der Waals surface area contributed by atoms with E-state index in [-0.39, 0.29) is 90.9 Å². The van der Waals surface area contributed by atoms with Crippen molar-refractivity contribution in [2.24, 2.45) is 23.2 Å². The predicted molar refractivity (Wildman–Crippen MR) is 218 cm³/mol. The lowest BCUT2D eigenvalue weighted by molar-refractivity contribution is -0.186. The molecule has 2 atom stereocenters. The monoisotopic (exact) mass is 945 g/mol. The largest absolute Gasteiger partial charge is 0.490 e. The molecule has 4 aliphatic carbocycles. The summed E-state index contributed by atoms with van der Waals surface area (Å²) in [7, 11) is 0. The quantitative estimate of drug-likeness (QED) is 0.140. The number of alkyl halides is 12. The Morgan fingerprint density at radius 3 is 1.50 bits per heavy atom. The van der Waals surface area contributed by atoms with Crippen molar-refractivity contribution >= 4 is 33.8 Å². The molecule has 2 saturated heterocycles. The van der Waals surface area contributed by atoms with Crippen LogP contribution in [0, 0.1) is 23.2 Å². The van der Waals surface area contributed by atoms with Gasteiger partial charge in [0.25, 0.3) is 0 Å². The normalized spacial score (nSPS) is 28.2. The standard InChI is InChI=1S/C29H31F6NO3.C19H16F6O2/c30-28(31,32)19-3-5-22(6-4-19)39-24-8-2-18-9-16(1-7-23(18)25(24)29(33,34)35)15-36-20-10-17-11-21(36)14-27(12-17,13-20)26(37)38;20-18(21,22)13-3-5-14(6-4-13)27-16-8-2-12-9-11(10-26)1-7-15(12)17(16)19(23,24)25/h1-2,7-9,17,19-22H,3-6,10-15H2,(H,37,38);1-2,7-10,13-14H,3-6H2. The van der Waals surface area contributed by atoms with E-state index in [4.69, 9.17) is 9.47 Å². The molecule has 4 bridgehead atoms. The number of carboxylic acid groups (broad SMARTS) is 1. The highest BCUT2D eigenvalue weighted by Crippen LogP contribution is 2.57. The number of halogens is 12. The number of hydrogen-bond donors (Lipinski definition) is 1. The van der Waals surface area contributed by atoms with Crippen LogP contribution in [0.3, 0.4) is 0 Å². The van der Waals surface area contributed by atoms with Crippen molar-refractivity contribution in [3.63, 3.8) is 0 Å². The SMILES string of the molecule is O=C(O)C12CC3CC(C1)N(Cc1ccc4c(C(F)(F)F)c(OC5CCC(C(F)(F)F)CC5)ccc4c1)C(C3)C2.O=Cc1ccc2c(C(F)(F)F)c(OC3CCC(C(F)(F)F)CC3)ccc2c1. The van der Waals surface area contributed by atoms with Gasteiger partial charge in [-0.05, 0) is 141 Å². The Morgan fingerprint density at radius 1 is 0.621 bits per heavy atom. The molecule has 6 fully saturated rings.